The molecule has 1 aromatic rings. The summed E-state index contributed by atoms with van der Waals surface area (Å²) in [6, 6.07) is 4.41. The molecule has 0 N–H and O–H groups in total. The molecule has 0 amide bonds. The van der Waals surface area contributed by atoms with E-state index in [-0.39, 0.29) is 18.4 Å². The summed E-state index contributed by atoms with van der Waals surface area (Å²) < 4.78 is 25.3. The first-order chi connectivity index (χ1) is 6.63. The van der Waals surface area contributed by atoms with Gasteiger partial charge in [0.1, 0.15) is 11.6 Å². The summed E-state index contributed by atoms with van der Waals surface area (Å²) in [5, 5.41) is 8.22. The Morgan fingerprint density at radius 1 is 1.29 bits per heavy atom. The number of ketones is 1. The van der Waals surface area contributed by atoms with Crippen molar-refractivity contribution >= 4 is 5.78 Å². The zero-order valence-corrected chi connectivity index (χ0v) is 7.26. The summed E-state index contributed by atoms with van der Waals surface area (Å²) in [6.45, 7) is 0. The Hall–Kier alpha value is -1.76. The van der Waals surface area contributed by atoms with Gasteiger partial charge in [0.2, 0.25) is 0 Å². The number of rotatable bonds is 3. The van der Waals surface area contributed by atoms with E-state index in [0.29, 0.717) is 6.07 Å². The summed E-state index contributed by atoms with van der Waals surface area (Å²) in [4.78, 5) is 11.2. The fourth-order valence-corrected chi connectivity index (χ4v) is 1.03. The molecule has 0 fully saturated rings. The summed E-state index contributed by atoms with van der Waals surface area (Å²) in [5.41, 5.74) is -0.0299. The zero-order valence-electron chi connectivity index (χ0n) is 7.26. The average Bonchev–Trinajstić information content (AvgIpc) is 2.12. The highest BCUT2D eigenvalue weighted by molar-refractivity contribution is 5.96. The molecule has 0 heterocycles. The van der Waals surface area contributed by atoms with Crippen LogP contribution in [0.3, 0.4) is 0 Å². The lowest BCUT2D eigenvalue weighted by atomic mass is 10.1. The SMILES string of the molecule is N#CCCC(=O)c1cc(F)cc(F)c1. The van der Waals surface area contributed by atoms with Crippen molar-refractivity contribution in [3.63, 3.8) is 0 Å². The second-order valence-electron chi connectivity index (χ2n) is 2.74. The molecule has 2 nitrogen and oxygen atoms in total. The summed E-state index contributed by atoms with van der Waals surface area (Å²) in [7, 11) is 0. The van der Waals surface area contributed by atoms with Crippen molar-refractivity contribution in [2.45, 2.75) is 12.8 Å². The van der Waals surface area contributed by atoms with E-state index in [2.05, 4.69) is 0 Å². The van der Waals surface area contributed by atoms with Crippen LogP contribution in [0.25, 0.3) is 0 Å². The minimum atomic E-state index is -0.787. The van der Waals surface area contributed by atoms with Gasteiger partial charge in [0.25, 0.3) is 0 Å². The third-order valence-electron chi connectivity index (χ3n) is 1.65. The maximum Gasteiger partial charge on any atom is 0.164 e. The first-order valence-corrected chi connectivity index (χ1v) is 3.99. The summed E-state index contributed by atoms with van der Waals surface area (Å²) in [5.74, 6) is -2.00. The molecule has 72 valence electrons. The van der Waals surface area contributed by atoms with Gasteiger partial charge in [-0.3, -0.25) is 4.79 Å². The Balaban J connectivity index is 2.85. The van der Waals surface area contributed by atoms with Crippen LogP contribution in [0.2, 0.25) is 0 Å². The molecule has 14 heavy (non-hydrogen) atoms. The molecule has 0 aliphatic carbocycles. The van der Waals surface area contributed by atoms with Crippen LogP contribution in [0.1, 0.15) is 23.2 Å². The third-order valence-corrected chi connectivity index (χ3v) is 1.65. The number of Topliss-reactive ketones (excluding diaryl/α,β-unsaturated/α-hetero) is 1. The van der Waals surface area contributed by atoms with Gasteiger partial charge in [-0.1, -0.05) is 0 Å². The summed E-state index contributed by atoms with van der Waals surface area (Å²) >= 11 is 0. The molecule has 0 saturated carbocycles. The predicted octanol–water partition coefficient (Wildman–Crippen LogP) is 2.45. The Kier molecular flexibility index (Phi) is 3.29. The quantitative estimate of drug-likeness (QED) is 0.695. The lowest BCUT2D eigenvalue weighted by Crippen LogP contribution is -1.99. The van der Waals surface area contributed by atoms with Crippen LogP contribution < -0.4 is 0 Å². The third kappa shape index (κ3) is 2.63. The number of carbonyl (C=O) groups excluding carboxylic acids is 1. The van der Waals surface area contributed by atoms with Crippen molar-refractivity contribution in [2.75, 3.05) is 0 Å². The molecule has 0 spiro atoms. The lowest BCUT2D eigenvalue weighted by Gasteiger charge is -1.98. The number of carbonyl (C=O) groups is 1. The first kappa shape index (κ1) is 10.3. The zero-order chi connectivity index (χ0) is 10.6. The second kappa shape index (κ2) is 4.47. The van der Waals surface area contributed by atoms with Crippen LogP contribution in [0.15, 0.2) is 18.2 Å². The molecule has 0 unspecified atom stereocenters. The Labute approximate surface area is 79.8 Å². The lowest BCUT2D eigenvalue weighted by molar-refractivity contribution is 0.0983. The highest BCUT2D eigenvalue weighted by Gasteiger charge is 2.08. The average molecular weight is 195 g/mol. The van der Waals surface area contributed by atoms with Crippen molar-refractivity contribution in [3.05, 3.63) is 35.4 Å². The number of nitriles is 1. The molecule has 0 aliphatic heterocycles. The van der Waals surface area contributed by atoms with Gasteiger partial charge in [0, 0.05) is 24.5 Å². The minimum Gasteiger partial charge on any atom is -0.294 e. The first-order valence-electron chi connectivity index (χ1n) is 3.99. The van der Waals surface area contributed by atoms with Crippen molar-refractivity contribution in [2.24, 2.45) is 0 Å². The highest BCUT2D eigenvalue weighted by Crippen LogP contribution is 2.10. The molecule has 0 radical (unpaired) electrons. The van der Waals surface area contributed by atoms with Crippen molar-refractivity contribution < 1.29 is 13.6 Å². The summed E-state index contributed by atoms with van der Waals surface area (Å²) in [6.07, 6.45) is 0.0381. The Bertz CT molecular complexity index is 375. The number of halogens is 2. The molecule has 0 bridgehead atoms. The van der Waals surface area contributed by atoms with Gasteiger partial charge in [-0.05, 0) is 12.1 Å². The smallest absolute Gasteiger partial charge is 0.164 e. The van der Waals surface area contributed by atoms with Gasteiger partial charge in [0.15, 0.2) is 5.78 Å². The monoisotopic (exact) mass is 195 g/mol. The fraction of sp³-hybridized carbons (Fsp3) is 0.200. The maximum atomic E-state index is 12.7. The van der Waals surface area contributed by atoms with Crippen LogP contribution in [-0.2, 0) is 0 Å². The van der Waals surface area contributed by atoms with E-state index in [4.69, 9.17) is 5.26 Å². The van der Waals surface area contributed by atoms with Crippen molar-refractivity contribution in [1.82, 2.24) is 0 Å². The van der Waals surface area contributed by atoms with Gasteiger partial charge in [-0.15, -0.1) is 0 Å². The van der Waals surface area contributed by atoms with Gasteiger partial charge in [-0.25, -0.2) is 8.78 Å². The van der Waals surface area contributed by atoms with E-state index in [1.54, 1.807) is 6.07 Å². The Morgan fingerprint density at radius 3 is 2.36 bits per heavy atom. The van der Waals surface area contributed by atoms with Crippen molar-refractivity contribution in [3.8, 4) is 6.07 Å². The number of hydrogen-bond donors (Lipinski definition) is 0. The standard InChI is InChI=1S/C10H7F2NO/c11-8-4-7(5-9(12)6-8)10(14)2-1-3-13/h4-6H,1-2H2. The van der Waals surface area contributed by atoms with Gasteiger partial charge in [0.05, 0.1) is 6.07 Å². The van der Waals surface area contributed by atoms with Crippen LogP contribution >= 0.6 is 0 Å². The van der Waals surface area contributed by atoms with E-state index < -0.39 is 17.4 Å². The van der Waals surface area contributed by atoms with Crippen molar-refractivity contribution in [1.29, 1.82) is 5.26 Å². The van der Waals surface area contributed by atoms with Gasteiger partial charge < -0.3 is 0 Å². The predicted molar refractivity (Wildman–Crippen MR) is 45.5 cm³/mol. The second-order valence-corrected chi connectivity index (χ2v) is 2.74. The van der Waals surface area contributed by atoms with E-state index in [1.165, 1.54) is 0 Å². The highest BCUT2D eigenvalue weighted by atomic mass is 19.1. The molecule has 0 aliphatic rings. The van der Waals surface area contributed by atoms with E-state index in [1.807, 2.05) is 0 Å². The molecule has 0 atom stereocenters. The maximum absolute atomic E-state index is 12.7. The fourth-order valence-electron chi connectivity index (χ4n) is 1.03. The number of benzene rings is 1. The Morgan fingerprint density at radius 2 is 1.86 bits per heavy atom. The van der Waals surface area contributed by atoms with Gasteiger partial charge in [-0.2, -0.15) is 5.26 Å². The number of hydrogen-bond acceptors (Lipinski definition) is 2. The molecular formula is C10H7F2NO. The van der Waals surface area contributed by atoms with Crippen LogP contribution in [-0.4, -0.2) is 5.78 Å². The topological polar surface area (TPSA) is 40.9 Å². The van der Waals surface area contributed by atoms with Crippen LogP contribution in [0, 0.1) is 23.0 Å². The molecule has 1 aromatic carbocycles. The minimum absolute atomic E-state index is 0.0145. The molecule has 0 saturated heterocycles. The largest absolute Gasteiger partial charge is 0.294 e. The van der Waals surface area contributed by atoms with Gasteiger partial charge >= 0.3 is 0 Å². The van der Waals surface area contributed by atoms with Crippen LogP contribution in [0.4, 0.5) is 8.78 Å². The molecule has 0 aromatic heterocycles. The number of nitrogens with zero attached hydrogens (tertiary/aromatic N) is 1. The van der Waals surface area contributed by atoms with Crippen LogP contribution in [0.5, 0.6) is 0 Å². The molecule has 1 rings (SSSR count). The molecular weight excluding hydrogens is 188 g/mol. The normalized spacial score (nSPS) is 9.50. The van der Waals surface area contributed by atoms with E-state index in [0.717, 1.165) is 12.1 Å². The van der Waals surface area contributed by atoms with E-state index >= 15 is 0 Å². The molecule has 4 heteroatoms. The van der Waals surface area contributed by atoms with E-state index in [9.17, 15) is 13.6 Å².